The van der Waals surface area contributed by atoms with Crippen molar-refractivity contribution in [3.05, 3.63) is 29.8 Å². The summed E-state index contributed by atoms with van der Waals surface area (Å²) in [6.07, 6.45) is 7.39. The van der Waals surface area contributed by atoms with Gasteiger partial charge in [-0.1, -0.05) is 18.2 Å². The SMILES string of the molecule is C#CCCCc1ccccc1N(C)C(=O)OC. The van der Waals surface area contributed by atoms with Crippen molar-refractivity contribution in [2.75, 3.05) is 19.1 Å². The first-order valence-corrected chi connectivity index (χ1v) is 5.53. The first-order valence-electron chi connectivity index (χ1n) is 5.53. The lowest BCUT2D eigenvalue weighted by atomic mass is 10.1. The highest BCUT2D eigenvalue weighted by atomic mass is 16.5. The fraction of sp³-hybridized carbons (Fsp3) is 0.357. The van der Waals surface area contributed by atoms with Crippen LogP contribution in [-0.4, -0.2) is 20.3 Å². The standard InChI is InChI=1S/C14H17NO2/c1-4-5-6-9-12-10-7-8-11-13(12)15(2)14(16)17-3/h1,7-8,10-11H,5-6,9H2,2-3H3. The van der Waals surface area contributed by atoms with Crippen molar-refractivity contribution in [2.24, 2.45) is 0 Å². The predicted molar refractivity (Wildman–Crippen MR) is 69.0 cm³/mol. The summed E-state index contributed by atoms with van der Waals surface area (Å²) in [6, 6.07) is 7.77. The molecule has 0 unspecified atom stereocenters. The van der Waals surface area contributed by atoms with Gasteiger partial charge in [0, 0.05) is 19.2 Å². The maximum Gasteiger partial charge on any atom is 0.413 e. The number of carbonyl (C=O) groups is 1. The van der Waals surface area contributed by atoms with E-state index in [1.54, 1.807) is 7.05 Å². The van der Waals surface area contributed by atoms with Crippen molar-refractivity contribution in [1.29, 1.82) is 0 Å². The third-order valence-corrected chi connectivity index (χ3v) is 2.57. The van der Waals surface area contributed by atoms with Crippen LogP contribution in [0, 0.1) is 12.3 Å². The van der Waals surface area contributed by atoms with E-state index in [9.17, 15) is 4.79 Å². The molecule has 0 saturated heterocycles. The Morgan fingerprint density at radius 3 is 2.82 bits per heavy atom. The average molecular weight is 231 g/mol. The van der Waals surface area contributed by atoms with Gasteiger partial charge in [0.25, 0.3) is 0 Å². The van der Waals surface area contributed by atoms with Crippen LogP contribution in [0.4, 0.5) is 10.5 Å². The van der Waals surface area contributed by atoms with Crippen molar-refractivity contribution in [3.8, 4) is 12.3 Å². The van der Waals surface area contributed by atoms with E-state index >= 15 is 0 Å². The van der Waals surface area contributed by atoms with Crippen LogP contribution in [0.5, 0.6) is 0 Å². The van der Waals surface area contributed by atoms with Gasteiger partial charge in [-0.3, -0.25) is 4.90 Å². The molecule has 1 rings (SSSR count). The first kappa shape index (κ1) is 13.1. The van der Waals surface area contributed by atoms with Gasteiger partial charge in [-0.25, -0.2) is 4.79 Å². The van der Waals surface area contributed by atoms with Gasteiger partial charge in [0.15, 0.2) is 0 Å². The lowest BCUT2D eigenvalue weighted by Gasteiger charge is -2.19. The van der Waals surface area contributed by atoms with Gasteiger partial charge in [-0.2, -0.15) is 0 Å². The molecule has 0 atom stereocenters. The third-order valence-electron chi connectivity index (χ3n) is 2.57. The van der Waals surface area contributed by atoms with Crippen LogP contribution in [-0.2, 0) is 11.2 Å². The van der Waals surface area contributed by atoms with Crippen molar-refractivity contribution >= 4 is 11.8 Å². The molecular formula is C14H17NO2. The molecule has 1 amide bonds. The number of para-hydroxylation sites is 1. The molecule has 3 heteroatoms. The second-order valence-corrected chi connectivity index (χ2v) is 3.72. The van der Waals surface area contributed by atoms with Gasteiger partial charge in [0.1, 0.15) is 0 Å². The van der Waals surface area contributed by atoms with Gasteiger partial charge >= 0.3 is 6.09 Å². The van der Waals surface area contributed by atoms with Gasteiger partial charge in [-0.05, 0) is 24.5 Å². The molecule has 0 saturated carbocycles. The molecule has 0 aromatic heterocycles. The molecule has 3 nitrogen and oxygen atoms in total. The number of amides is 1. The number of terminal acetylenes is 1. The minimum atomic E-state index is -0.366. The fourth-order valence-corrected chi connectivity index (χ4v) is 1.67. The van der Waals surface area contributed by atoms with E-state index in [4.69, 9.17) is 11.2 Å². The van der Waals surface area contributed by atoms with Crippen molar-refractivity contribution in [1.82, 2.24) is 0 Å². The molecule has 17 heavy (non-hydrogen) atoms. The molecule has 1 aromatic rings. The van der Waals surface area contributed by atoms with Crippen molar-refractivity contribution < 1.29 is 9.53 Å². The number of carbonyl (C=O) groups excluding carboxylic acids is 1. The summed E-state index contributed by atoms with van der Waals surface area (Å²) in [5.74, 6) is 2.62. The minimum Gasteiger partial charge on any atom is -0.452 e. The summed E-state index contributed by atoms with van der Waals surface area (Å²) in [5, 5.41) is 0. The van der Waals surface area contributed by atoms with Gasteiger partial charge in [0.05, 0.1) is 7.11 Å². The number of aryl methyl sites for hydroxylation is 1. The molecule has 0 N–H and O–H groups in total. The molecule has 0 radical (unpaired) electrons. The van der Waals surface area contributed by atoms with Crippen LogP contribution < -0.4 is 4.90 Å². The zero-order valence-corrected chi connectivity index (χ0v) is 10.3. The number of nitrogens with zero attached hydrogens (tertiary/aromatic N) is 1. The minimum absolute atomic E-state index is 0.366. The number of hydrogen-bond acceptors (Lipinski definition) is 2. The van der Waals surface area contributed by atoms with Crippen molar-refractivity contribution in [3.63, 3.8) is 0 Å². The lowest BCUT2D eigenvalue weighted by Crippen LogP contribution is -2.26. The van der Waals surface area contributed by atoms with Crippen LogP contribution in [0.3, 0.4) is 0 Å². The molecule has 0 fully saturated rings. The maximum atomic E-state index is 11.5. The number of rotatable bonds is 4. The van der Waals surface area contributed by atoms with E-state index in [1.165, 1.54) is 12.0 Å². The Labute approximate surface area is 102 Å². The number of anilines is 1. The topological polar surface area (TPSA) is 29.5 Å². The summed E-state index contributed by atoms with van der Waals surface area (Å²) in [4.78, 5) is 13.0. The zero-order valence-electron chi connectivity index (χ0n) is 10.3. The van der Waals surface area contributed by atoms with Crippen LogP contribution in [0.1, 0.15) is 18.4 Å². The van der Waals surface area contributed by atoms with E-state index in [-0.39, 0.29) is 6.09 Å². The largest absolute Gasteiger partial charge is 0.452 e. The molecule has 0 heterocycles. The Morgan fingerprint density at radius 1 is 1.47 bits per heavy atom. The van der Waals surface area contributed by atoms with E-state index in [0.717, 1.165) is 30.5 Å². The highest BCUT2D eigenvalue weighted by Crippen LogP contribution is 2.21. The number of benzene rings is 1. The normalized spacial score (nSPS) is 9.47. The second-order valence-electron chi connectivity index (χ2n) is 3.72. The molecule has 0 aliphatic heterocycles. The van der Waals surface area contributed by atoms with E-state index in [1.807, 2.05) is 24.3 Å². The summed E-state index contributed by atoms with van der Waals surface area (Å²) >= 11 is 0. The highest BCUT2D eigenvalue weighted by molar-refractivity contribution is 5.87. The van der Waals surface area contributed by atoms with E-state index < -0.39 is 0 Å². The Balaban J connectivity index is 2.84. The second kappa shape index (κ2) is 6.59. The molecule has 0 aliphatic carbocycles. The van der Waals surface area contributed by atoms with E-state index in [2.05, 4.69) is 5.92 Å². The van der Waals surface area contributed by atoms with Crippen molar-refractivity contribution in [2.45, 2.75) is 19.3 Å². The average Bonchev–Trinajstić information content (AvgIpc) is 2.38. The molecule has 90 valence electrons. The Bertz CT molecular complexity index is 420. The van der Waals surface area contributed by atoms with Gasteiger partial charge < -0.3 is 4.74 Å². The monoisotopic (exact) mass is 231 g/mol. The highest BCUT2D eigenvalue weighted by Gasteiger charge is 2.13. The quantitative estimate of drug-likeness (QED) is 0.589. The van der Waals surface area contributed by atoms with Crippen LogP contribution in [0.2, 0.25) is 0 Å². The van der Waals surface area contributed by atoms with Crippen LogP contribution in [0.15, 0.2) is 24.3 Å². The smallest absolute Gasteiger partial charge is 0.413 e. The maximum absolute atomic E-state index is 11.5. The lowest BCUT2D eigenvalue weighted by molar-refractivity contribution is 0.180. The summed E-state index contributed by atoms with van der Waals surface area (Å²) in [6.45, 7) is 0. The molecular weight excluding hydrogens is 214 g/mol. The van der Waals surface area contributed by atoms with Gasteiger partial charge in [-0.15, -0.1) is 12.3 Å². The molecule has 0 spiro atoms. The number of methoxy groups -OCH3 is 1. The van der Waals surface area contributed by atoms with E-state index in [0.29, 0.717) is 0 Å². The summed E-state index contributed by atoms with van der Waals surface area (Å²) in [5.41, 5.74) is 1.98. The number of ether oxygens (including phenoxy) is 1. The summed E-state index contributed by atoms with van der Waals surface area (Å²) < 4.78 is 4.70. The molecule has 0 aliphatic rings. The van der Waals surface area contributed by atoms with Crippen LogP contribution >= 0.6 is 0 Å². The Morgan fingerprint density at radius 2 is 2.18 bits per heavy atom. The Kier molecular flexibility index (Phi) is 5.09. The van der Waals surface area contributed by atoms with Gasteiger partial charge in [0.2, 0.25) is 0 Å². The Hall–Kier alpha value is -1.95. The number of unbranched alkanes of at least 4 members (excludes halogenated alkanes) is 1. The van der Waals surface area contributed by atoms with Crippen LogP contribution in [0.25, 0.3) is 0 Å². The summed E-state index contributed by atoms with van der Waals surface area (Å²) in [7, 11) is 3.08. The molecule has 0 bridgehead atoms. The molecule has 1 aromatic carbocycles. The first-order chi connectivity index (χ1) is 8.20. The number of hydrogen-bond donors (Lipinski definition) is 0. The zero-order chi connectivity index (χ0) is 12.7. The predicted octanol–water partition coefficient (Wildman–Crippen LogP) is 2.85. The third kappa shape index (κ3) is 3.53. The fourth-order valence-electron chi connectivity index (χ4n) is 1.67.